The van der Waals surface area contributed by atoms with Gasteiger partial charge < -0.3 is 9.47 Å². The van der Waals surface area contributed by atoms with Crippen LogP contribution in [0.15, 0.2) is 72.9 Å². The molecule has 4 nitrogen and oxygen atoms in total. The van der Waals surface area contributed by atoms with Crippen molar-refractivity contribution in [3.05, 3.63) is 94.5 Å². The Morgan fingerprint density at radius 1 is 0.938 bits per heavy atom. The van der Waals surface area contributed by atoms with Crippen molar-refractivity contribution < 1.29 is 14.3 Å². The third-order valence-electron chi connectivity index (χ3n) is 5.46. The average Bonchev–Trinajstić information content (AvgIpc) is 3.16. The second kappa shape index (κ2) is 8.09. The number of aryl methyl sites for hydroxylation is 2. The Kier molecular flexibility index (Phi) is 5.11. The summed E-state index contributed by atoms with van der Waals surface area (Å²) in [5.74, 6) is 1.90. The van der Waals surface area contributed by atoms with Gasteiger partial charge in [-0.15, -0.1) is 11.3 Å². The van der Waals surface area contributed by atoms with Gasteiger partial charge in [0.25, 0.3) is 0 Å². The molecule has 5 rings (SSSR count). The van der Waals surface area contributed by atoms with Gasteiger partial charge in [-0.25, -0.2) is 0 Å². The monoisotopic (exact) mass is 439 g/mol. The van der Waals surface area contributed by atoms with Gasteiger partial charge in [0.05, 0.1) is 12.6 Å². The van der Waals surface area contributed by atoms with E-state index in [0.29, 0.717) is 21.9 Å². The number of hydrogen-bond acceptors (Lipinski definition) is 5. The first kappa shape index (κ1) is 20.2. The predicted octanol–water partition coefficient (Wildman–Crippen LogP) is 7.10. The number of carbonyl (C=O) groups is 1. The molecule has 2 aromatic heterocycles. The van der Waals surface area contributed by atoms with E-state index in [1.807, 2.05) is 80.7 Å². The van der Waals surface area contributed by atoms with Crippen LogP contribution in [0.2, 0.25) is 0 Å². The smallest absolute Gasteiger partial charge is 0.207 e. The standard InChI is InChI=1S/C27H21NO3S/c1-16-12-18-8-9-20(13-23(18)28-15-16)31-26-22-11-10-19(30-3)14-24(22)32-27(26)25(29)21-7-5-4-6-17(21)2/h4-15H,1-3H3. The van der Waals surface area contributed by atoms with Crippen molar-refractivity contribution in [2.45, 2.75) is 13.8 Å². The zero-order valence-electron chi connectivity index (χ0n) is 18.0. The predicted molar refractivity (Wildman–Crippen MR) is 130 cm³/mol. The van der Waals surface area contributed by atoms with Crippen molar-refractivity contribution in [2.75, 3.05) is 7.11 Å². The van der Waals surface area contributed by atoms with Gasteiger partial charge in [-0.1, -0.05) is 24.3 Å². The number of rotatable bonds is 5. The van der Waals surface area contributed by atoms with E-state index < -0.39 is 0 Å². The number of methoxy groups -OCH3 is 1. The fourth-order valence-electron chi connectivity index (χ4n) is 3.77. The molecule has 0 aliphatic heterocycles. The highest BCUT2D eigenvalue weighted by Gasteiger charge is 2.23. The van der Waals surface area contributed by atoms with Crippen LogP contribution in [0, 0.1) is 13.8 Å². The summed E-state index contributed by atoms with van der Waals surface area (Å²) in [6.07, 6.45) is 1.84. The zero-order valence-corrected chi connectivity index (χ0v) is 18.8. The molecule has 0 unspecified atom stereocenters. The Morgan fingerprint density at radius 3 is 2.56 bits per heavy atom. The average molecular weight is 440 g/mol. The summed E-state index contributed by atoms with van der Waals surface area (Å²) in [4.78, 5) is 18.6. The number of benzene rings is 3. The summed E-state index contributed by atoms with van der Waals surface area (Å²) in [6, 6.07) is 21.3. The Hall–Kier alpha value is -3.70. The van der Waals surface area contributed by atoms with Gasteiger partial charge in [0.2, 0.25) is 5.78 Å². The van der Waals surface area contributed by atoms with Crippen LogP contribution >= 0.6 is 11.3 Å². The van der Waals surface area contributed by atoms with Crippen molar-refractivity contribution in [3.63, 3.8) is 0 Å². The van der Waals surface area contributed by atoms with Crippen LogP contribution in [-0.4, -0.2) is 17.9 Å². The van der Waals surface area contributed by atoms with Crippen LogP contribution in [0.5, 0.6) is 17.2 Å². The number of hydrogen-bond donors (Lipinski definition) is 0. The molecule has 0 bridgehead atoms. The van der Waals surface area contributed by atoms with Gasteiger partial charge in [0.15, 0.2) is 5.75 Å². The van der Waals surface area contributed by atoms with Gasteiger partial charge in [0.1, 0.15) is 16.4 Å². The van der Waals surface area contributed by atoms with Crippen LogP contribution < -0.4 is 9.47 Å². The maximum atomic E-state index is 13.5. The normalized spacial score (nSPS) is 11.1. The van der Waals surface area contributed by atoms with Crippen molar-refractivity contribution >= 4 is 38.1 Å². The molecule has 0 aliphatic rings. The minimum Gasteiger partial charge on any atom is -0.497 e. The summed E-state index contributed by atoms with van der Waals surface area (Å²) in [6.45, 7) is 3.97. The number of aromatic nitrogens is 1. The van der Waals surface area contributed by atoms with Gasteiger partial charge in [0, 0.05) is 33.3 Å². The molecule has 0 atom stereocenters. The molecule has 158 valence electrons. The summed E-state index contributed by atoms with van der Waals surface area (Å²) in [5.41, 5.74) is 3.56. The SMILES string of the molecule is COc1ccc2c(Oc3ccc4cc(C)cnc4c3)c(C(=O)c3ccccc3C)sc2c1. The number of ether oxygens (including phenoxy) is 2. The molecule has 0 radical (unpaired) electrons. The van der Waals surface area contributed by atoms with E-state index in [4.69, 9.17) is 9.47 Å². The Bertz CT molecular complexity index is 1490. The summed E-state index contributed by atoms with van der Waals surface area (Å²) < 4.78 is 12.7. The first-order valence-electron chi connectivity index (χ1n) is 10.3. The molecule has 5 aromatic rings. The lowest BCUT2D eigenvalue weighted by atomic mass is 10.0. The topological polar surface area (TPSA) is 48.4 Å². The molecule has 2 heterocycles. The minimum atomic E-state index is -0.0483. The molecule has 0 fully saturated rings. The van der Waals surface area contributed by atoms with Crippen LogP contribution in [-0.2, 0) is 0 Å². The summed E-state index contributed by atoms with van der Waals surface area (Å²) in [7, 11) is 1.63. The molecular weight excluding hydrogens is 418 g/mol. The van der Waals surface area contributed by atoms with E-state index in [0.717, 1.165) is 37.9 Å². The van der Waals surface area contributed by atoms with Crippen LogP contribution in [0.3, 0.4) is 0 Å². The first-order chi connectivity index (χ1) is 15.5. The fraction of sp³-hybridized carbons (Fsp3) is 0.111. The van der Waals surface area contributed by atoms with Gasteiger partial charge in [-0.3, -0.25) is 9.78 Å². The largest absolute Gasteiger partial charge is 0.497 e. The molecule has 0 saturated heterocycles. The van der Waals surface area contributed by atoms with Crippen LogP contribution in [0.4, 0.5) is 0 Å². The number of thiophene rings is 1. The molecular formula is C27H21NO3S. The van der Waals surface area contributed by atoms with Crippen LogP contribution in [0.25, 0.3) is 21.0 Å². The highest BCUT2D eigenvalue weighted by molar-refractivity contribution is 7.21. The lowest BCUT2D eigenvalue weighted by Crippen LogP contribution is -2.03. The second-order valence-electron chi connectivity index (χ2n) is 7.74. The fourth-order valence-corrected chi connectivity index (χ4v) is 4.89. The molecule has 0 amide bonds. The molecule has 0 saturated carbocycles. The lowest BCUT2D eigenvalue weighted by molar-refractivity contribution is 0.104. The lowest BCUT2D eigenvalue weighted by Gasteiger charge is -2.10. The molecule has 0 spiro atoms. The maximum Gasteiger partial charge on any atom is 0.207 e. The second-order valence-corrected chi connectivity index (χ2v) is 8.79. The van der Waals surface area contributed by atoms with Gasteiger partial charge >= 0.3 is 0 Å². The van der Waals surface area contributed by atoms with Gasteiger partial charge in [-0.05, 0) is 61.4 Å². The molecule has 5 heteroatoms. The number of nitrogens with zero attached hydrogens (tertiary/aromatic N) is 1. The molecule has 3 aromatic carbocycles. The van der Waals surface area contributed by atoms with Crippen molar-refractivity contribution in [1.82, 2.24) is 4.98 Å². The minimum absolute atomic E-state index is 0.0483. The zero-order chi connectivity index (χ0) is 22.2. The summed E-state index contributed by atoms with van der Waals surface area (Å²) >= 11 is 1.42. The number of pyridine rings is 1. The molecule has 0 aliphatic carbocycles. The maximum absolute atomic E-state index is 13.5. The number of fused-ring (bicyclic) bond motifs is 2. The Morgan fingerprint density at radius 2 is 1.75 bits per heavy atom. The van der Waals surface area contributed by atoms with E-state index in [9.17, 15) is 4.79 Å². The Balaban J connectivity index is 1.65. The highest BCUT2D eigenvalue weighted by atomic mass is 32.1. The van der Waals surface area contributed by atoms with Crippen molar-refractivity contribution in [3.8, 4) is 17.2 Å². The van der Waals surface area contributed by atoms with Crippen LogP contribution in [0.1, 0.15) is 26.4 Å². The van der Waals surface area contributed by atoms with Crippen molar-refractivity contribution in [1.29, 1.82) is 0 Å². The highest BCUT2D eigenvalue weighted by Crippen LogP contribution is 2.43. The van der Waals surface area contributed by atoms with E-state index in [1.54, 1.807) is 7.11 Å². The van der Waals surface area contributed by atoms with E-state index >= 15 is 0 Å². The quantitative estimate of drug-likeness (QED) is 0.274. The van der Waals surface area contributed by atoms with E-state index in [-0.39, 0.29) is 5.78 Å². The third kappa shape index (κ3) is 3.61. The van der Waals surface area contributed by atoms with Gasteiger partial charge in [-0.2, -0.15) is 0 Å². The molecule has 0 N–H and O–H groups in total. The van der Waals surface area contributed by atoms with Crippen molar-refractivity contribution in [2.24, 2.45) is 0 Å². The summed E-state index contributed by atoms with van der Waals surface area (Å²) in [5, 5.41) is 1.93. The number of ketones is 1. The van der Waals surface area contributed by atoms with E-state index in [1.165, 1.54) is 11.3 Å². The van der Waals surface area contributed by atoms with E-state index in [2.05, 4.69) is 11.1 Å². The third-order valence-corrected chi connectivity index (χ3v) is 6.59. The first-order valence-corrected chi connectivity index (χ1v) is 11.1. The molecule has 32 heavy (non-hydrogen) atoms. The number of carbonyl (C=O) groups excluding carboxylic acids is 1. The Labute approximate surface area is 190 Å².